The molecule has 0 bridgehead atoms. The minimum Gasteiger partial charge on any atom is -0.493 e. The van der Waals surface area contributed by atoms with Gasteiger partial charge in [0.15, 0.2) is 16.9 Å². The van der Waals surface area contributed by atoms with Crippen LogP contribution in [0, 0.1) is 5.41 Å². The molecular formula is C27H37NO6. The van der Waals surface area contributed by atoms with E-state index in [-0.39, 0.29) is 35.0 Å². The van der Waals surface area contributed by atoms with Crippen LogP contribution in [0.5, 0.6) is 11.5 Å². The molecule has 7 nitrogen and oxygen atoms in total. The standard InChI is InChI=1S/C27H37NO6/c1-8-27(4,5)25-17(3)18-13-24(34-12-10-11-31-6)23(32-7)14-19(18)21-15-22(29)20(16-28(21)25)26(30)33-9-2/h13-17,25H,8-12H2,1-7H3/t17-,25+/m1/s1. The molecule has 0 amide bonds. The van der Waals surface area contributed by atoms with Gasteiger partial charge < -0.3 is 23.5 Å². The van der Waals surface area contributed by atoms with Crippen molar-refractivity contribution in [3.63, 3.8) is 0 Å². The number of ether oxygens (including phenoxy) is 4. The number of aromatic nitrogens is 1. The lowest BCUT2D eigenvalue weighted by Gasteiger charge is -2.44. The number of rotatable bonds is 10. The van der Waals surface area contributed by atoms with Crippen molar-refractivity contribution in [1.29, 1.82) is 0 Å². The lowest BCUT2D eigenvalue weighted by Crippen LogP contribution is -2.36. The second kappa shape index (κ2) is 10.6. The molecule has 1 aromatic carbocycles. The highest BCUT2D eigenvalue weighted by atomic mass is 16.5. The van der Waals surface area contributed by atoms with Gasteiger partial charge in [0, 0.05) is 49.9 Å². The van der Waals surface area contributed by atoms with Gasteiger partial charge in [0.05, 0.1) is 26.0 Å². The molecule has 0 spiro atoms. The Labute approximate surface area is 202 Å². The molecular weight excluding hydrogens is 434 g/mol. The Kier molecular flexibility index (Phi) is 8.08. The predicted octanol–water partition coefficient (Wildman–Crippen LogP) is 5.21. The van der Waals surface area contributed by atoms with Crippen molar-refractivity contribution in [1.82, 2.24) is 4.57 Å². The Balaban J connectivity index is 2.21. The van der Waals surface area contributed by atoms with Gasteiger partial charge in [-0.25, -0.2) is 4.79 Å². The maximum Gasteiger partial charge on any atom is 0.343 e. The summed E-state index contributed by atoms with van der Waals surface area (Å²) in [5.74, 6) is 0.787. The number of fused-ring (bicyclic) bond motifs is 3. The second-order valence-corrected chi connectivity index (χ2v) is 9.43. The number of pyridine rings is 1. The van der Waals surface area contributed by atoms with Gasteiger partial charge in [-0.1, -0.05) is 27.7 Å². The van der Waals surface area contributed by atoms with Gasteiger partial charge in [-0.2, -0.15) is 0 Å². The Morgan fingerprint density at radius 1 is 1.09 bits per heavy atom. The van der Waals surface area contributed by atoms with Crippen LogP contribution in [-0.4, -0.2) is 44.6 Å². The number of methoxy groups -OCH3 is 2. The monoisotopic (exact) mass is 471 g/mol. The molecule has 1 aliphatic heterocycles. The van der Waals surface area contributed by atoms with Crippen LogP contribution in [0.25, 0.3) is 11.3 Å². The maximum absolute atomic E-state index is 13.0. The summed E-state index contributed by atoms with van der Waals surface area (Å²) >= 11 is 0. The highest BCUT2D eigenvalue weighted by Crippen LogP contribution is 2.52. The third kappa shape index (κ3) is 4.85. The molecule has 0 saturated heterocycles. The van der Waals surface area contributed by atoms with E-state index in [0.717, 1.165) is 29.7 Å². The largest absolute Gasteiger partial charge is 0.493 e. The molecule has 3 rings (SSSR count). The van der Waals surface area contributed by atoms with Crippen LogP contribution in [0.1, 0.15) is 75.3 Å². The number of nitrogens with zero attached hydrogens (tertiary/aromatic N) is 1. The van der Waals surface area contributed by atoms with Gasteiger partial charge in [-0.15, -0.1) is 0 Å². The number of carbonyl (C=O) groups excluding carboxylic acids is 1. The molecule has 0 aliphatic carbocycles. The maximum atomic E-state index is 13.0. The molecule has 2 atom stereocenters. The van der Waals surface area contributed by atoms with Crippen LogP contribution in [0.2, 0.25) is 0 Å². The molecule has 1 aromatic heterocycles. The van der Waals surface area contributed by atoms with Crippen LogP contribution in [0.4, 0.5) is 0 Å². The molecule has 0 saturated carbocycles. The average molecular weight is 472 g/mol. The number of benzene rings is 1. The number of esters is 1. The van der Waals surface area contributed by atoms with Gasteiger partial charge in [0.2, 0.25) is 0 Å². The average Bonchev–Trinajstić information content (AvgIpc) is 2.81. The quantitative estimate of drug-likeness (QED) is 0.350. The first kappa shape index (κ1) is 25.8. The first-order valence-electron chi connectivity index (χ1n) is 12.0. The van der Waals surface area contributed by atoms with Crippen LogP contribution < -0.4 is 14.9 Å². The SMILES string of the molecule is CCOC(=O)c1cn2c(cc1=O)-c1cc(OC)c(OCCCOC)cc1[C@@H](C)[C@H]2C(C)(C)CC. The number of carbonyl (C=O) groups is 1. The first-order valence-corrected chi connectivity index (χ1v) is 12.0. The van der Waals surface area contributed by atoms with Crippen molar-refractivity contribution >= 4 is 5.97 Å². The summed E-state index contributed by atoms with van der Waals surface area (Å²) in [6.07, 6.45) is 3.37. The van der Waals surface area contributed by atoms with E-state index in [0.29, 0.717) is 24.7 Å². The molecule has 186 valence electrons. The van der Waals surface area contributed by atoms with Gasteiger partial charge in [0.25, 0.3) is 0 Å². The number of hydrogen-bond donors (Lipinski definition) is 0. The highest BCUT2D eigenvalue weighted by Gasteiger charge is 2.40. The van der Waals surface area contributed by atoms with E-state index in [1.165, 1.54) is 0 Å². The second-order valence-electron chi connectivity index (χ2n) is 9.43. The summed E-state index contributed by atoms with van der Waals surface area (Å²) in [6.45, 7) is 11.9. The fraction of sp³-hybridized carbons (Fsp3) is 0.556. The Morgan fingerprint density at radius 3 is 2.44 bits per heavy atom. The van der Waals surface area contributed by atoms with E-state index in [2.05, 4.69) is 32.3 Å². The third-order valence-corrected chi connectivity index (χ3v) is 6.91. The molecule has 0 N–H and O–H groups in total. The van der Waals surface area contributed by atoms with E-state index in [4.69, 9.17) is 18.9 Å². The molecule has 0 radical (unpaired) electrons. The van der Waals surface area contributed by atoms with Gasteiger partial charge >= 0.3 is 5.97 Å². The summed E-state index contributed by atoms with van der Waals surface area (Å²) < 4.78 is 24.0. The first-order chi connectivity index (χ1) is 16.2. The van der Waals surface area contributed by atoms with E-state index >= 15 is 0 Å². The molecule has 1 aliphatic rings. The normalized spacial score (nSPS) is 17.0. The zero-order valence-electron chi connectivity index (χ0n) is 21.4. The summed E-state index contributed by atoms with van der Waals surface area (Å²) in [6, 6.07) is 5.54. The van der Waals surface area contributed by atoms with Gasteiger partial charge in [-0.3, -0.25) is 4.79 Å². The van der Waals surface area contributed by atoms with E-state index < -0.39 is 5.97 Å². The highest BCUT2D eigenvalue weighted by molar-refractivity contribution is 5.89. The van der Waals surface area contributed by atoms with Crippen molar-refractivity contribution in [2.45, 2.75) is 59.4 Å². The molecule has 0 fully saturated rings. The zero-order chi connectivity index (χ0) is 25.0. The fourth-order valence-electron chi connectivity index (χ4n) is 4.86. The summed E-state index contributed by atoms with van der Waals surface area (Å²) in [4.78, 5) is 25.5. The summed E-state index contributed by atoms with van der Waals surface area (Å²) in [5, 5.41) is 0. The topological polar surface area (TPSA) is 76.0 Å². The molecule has 2 aromatic rings. The van der Waals surface area contributed by atoms with E-state index in [9.17, 15) is 9.59 Å². The van der Waals surface area contributed by atoms with Crippen LogP contribution in [0.3, 0.4) is 0 Å². The van der Waals surface area contributed by atoms with Crippen LogP contribution in [0.15, 0.2) is 29.2 Å². The summed E-state index contributed by atoms with van der Waals surface area (Å²) in [7, 11) is 3.28. The van der Waals surface area contributed by atoms with E-state index in [1.807, 2.05) is 12.1 Å². The Hall–Kier alpha value is -2.80. The molecule has 2 heterocycles. The van der Waals surface area contributed by atoms with Gasteiger partial charge in [-0.05, 0) is 36.5 Å². The van der Waals surface area contributed by atoms with E-state index in [1.54, 1.807) is 33.4 Å². The smallest absolute Gasteiger partial charge is 0.343 e. The van der Waals surface area contributed by atoms with Crippen molar-refractivity contribution in [3.8, 4) is 22.8 Å². The van der Waals surface area contributed by atoms with Crippen molar-refractivity contribution < 1.29 is 23.7 Å². The minimum absolute atomic E-state index is 0.0171. The third-order valence-electron chi connectivity index (χ3n) is 6.91. The molecule has 34 heavy (non-hydrogen) atoms. The lowest BCUT2D eigenvalue weighted by molar-refractivity contribution is 0.0522. The Bertz CT molecular complexity index is 1090. The van der Waals surface area contributed by atoms with Crippen molar-refractivity contribution in [3.05, 3.63) is 45.7 Å². The van der Waals surface area contributed by atoms with Crippen molar-refractivity contribution in [2.75, 3.05) is 34.0 Å². The van der Waals surface area contributed by atoms with Crippen molar-refractivity contribution in [2.24, 2.45) is 5.41 Å². The van der Waals surface area contributed by atoms with Crippen LogP contribution >= 0.6 is 0 Å². The summed E-state index contributed by atoms with van der Waals surface area (Å²) in [5.41, 5.74) is 2.37. The predicted molar refractivity (Wildman–Crippen MR) is 132 cm³/mol. The van der Waals surface area contributed by atoms with Gasteiger partial charge in [0.1, 0.15) is 5.56 Å². The van der Waals surface area contributed by atoms with Crippen LogP contribution in [-0.2, 0) is 9.47 Å². The molecule has 7 heteroatoms. The number of hydrogen-bond acceptors (Lipinski definition) is 6. The fourth-order valence-corrected chi connectivity index (χ4v) is 4.86. The zero-order valence-corrected chi connectivity index (χ0v) is 21.4. The lowest BCUT2D eigenvalue weighted by atomic mass is 9.70. The Morgan fingerprint density at radius 2 is 1.82 bits per heavy atom. The minimum atomic E-state index is -0.591. The molecule has 0 unspecified atom stereocenters.